The summed E-state index contributed by atoms with van der Waals surface area (Å²) in [6.07, 6.45) is 2.57. The predicted octanol–water partition coefficient (Wildman–Crippen LogP) is 1.86. The third-order valence-electron chi connectivity index (χ3n) is 3.48. The van der Waals surface area contributed by atoms with E-state index in [1.54, 1.807) is 24.4 Å². The number of amides is 1. The van der Waals surface area contributed by atoms with E-state index < -0.39 is 32.9 Å². The first-order valence-electron chi connectivity index (χ1n) is 6.94. The van der Waals surface area contributed by atoms with Crippen molar-refractivity contribution in [2.45, 2.75) is 18.2 Å². The van der Waals surface area contributed by atoms with Crippen molar-refractivity contribution in [1.82, 2.24) is 10.3 Å². The Morgan fingerprint density at radius 3 is 2.35 bits per heavy atom. The molecule has 0 unspecified atom stereocenters. The Balaban J connectivity index is 2.35. The molecule has 1 N–H and O–H groups in total. The molecule has 0 saturated heterocycles. The maximum absolute atomic E-state index is 13.1. The van der Waals surface area contributed by atoms with Crippen LogP contribution in [0.5, 0.6) is 0 Å². The van der Waals surface area contributed by atoms with Crippen LogP contribution in [0.3, 0.4) is 0 Å². The van der Waals surface area contributed by atoms with Gasteiger partial charge in [-0.3, -0.25) is 9.78 Å². The van der Waals surface area contributed by atoms with Gasteiger partial charge in [0.15, 0.2) is 9.84 Å². The number of nitrogens with zero attached hydrogens (tertiary/aromatic N) is 1. The van der Waals surface area contributed by atoms with Gasteiger partial charge in [-0.2, -0.15) is 0 Å². The van der Waals surface area contributed by atoms with Crippen molar-refractivity contribution in [3.05, 3.63) is 65.7 Å². The molecule has 122 valence electrons. The fourth-order valence-corrected chi connectivity index (χ4v) is 2.44. The van der Waals surface area contributed by atoms with Crippen LogP contribution in [0.1, 0.15) is 24.2 Å². The van der Waals surface area contributed by atoms with Crippen molar-refractivity contribution in [2.24, 2.45) is 0 Å². The smallest absolute Gasteiger partial charge is 0.238 e. The summed E-state index contributed by atoms with van der Waals surface area (Å²) in [5.74, 6) is -1.03. The molecule has 0 bridgehead atoms. The number of carbonyl (C=O) groups excluding carboxylic acids is 1. The molecule has 23 heavy (non-hydrogen) atoms. The summed E-state index contributed by atoms with van der Waals surface area (Å²) in [4.78, 5) is 16.4. The second-order valence-corrected chi connectivity index (χ2v) is 7.59. The highest BCUT2D eigenvalue weighted by molar-refractivity contribution is 7.92. The van der Waals surface area contributed by atoms with Gasteiger partial charge in [-0.1, -0.05) is 18.2 Å². The van der Waals surface area contributed by atoms with Crippen molar-refractivity contribution in [3.63, 3.8) is 0 Å². The van der Waals surface area contributed by atoms with Gasteiger partial charge in [-0.15, -0.1) is 0 Å². The number of nitrogens with one attached hydrogen (secondary N) is 1. The van der Waals surface area contributed by atoms with E-state index in [1.807, 2.05) is 0 Å². The zero-order valence-electron chi connectivity index (χ0n) is 12.7. The average molecular weight is 336 g/mol. The van der Waals surface area contributed by atoms with Gasteiger partial charge in [0, 0.05) is 12.5 Å². The quantitative estimate of drug-likeness (QED) is 0.904. The number of carbonyl (C=O) groups is 1. The Labute approximate surface area is 134 Å². The van der Waals surface area contributed by atoms with Crippen molar-refractivity contribution in [3.8, 4) is 0 Å². The molecule has 5 nitrogen and oxygen atoms in total. The molecule has 2 atom stereocenters. The number of sulfone groups is 1. The molecule has 0 saturated carbocycles. The Hall–Kier alpha value is -2.28. The summed E-state index contributed by atoms with van der Waals surface area (Å²) in [6.45, 7) is 1.32. The molecule has 1 aromatic carbocycles. The molecule has 0 spiro atoms. The van der Waals surface area contributed by atoms with E-state index in [0.29, 0.717) is 11.3 Å². The van der Waals surface area contributed by atoms with Crippen LogP contribution in [0.4, 0.5) is 4.39 Å². The lowest BCUT2D eigenvalue weighted by Crippen LogP contribution is -2.40. The molecule has 7 heteroatoms. The highest BCUT2D eigenvalue weighted by Gasteiger charge is 2.27. The minimum absolute atomic E-state index is 0.399. The SMILES string of the molecule is C[C@H](C(=O)N[C@H](c1ccc(F)cc1)c1ccccn1)S(C)(=O)=O. The number of rotatable bonds is 5. The molecule has 0 fully saturated rings. The molecule has 0 aliphatic rings. The maximum Gasteiger partial charge on any atom is 0.238 e. The van der Waals surface area contributed by atoms with Crippen LogP contribution >= 0.6 is 0 Å². The van der Waals surface area contributed by atoms with Crippen LogP contribution in [-0.2, 0) is 14.6 Å². The number of hydrogen-bond acceptors (Lipinski definition) is 4. The van der Waals surface area contributed by atoms with Crippen LogP contribution in [0.2, 0.25) is 0 Å². The number of halogens is 1. The second-order valence-electron chi connectivity index (χ2n) is 5.22. The Kier molecular flexibility index (Phi) is 5.10. The first-order valence-corrected chi connectivity index (χ1v) is 8.90. The summed E-state index contributed by atoms with van der Waals surface area (Å²) in [5.41, 5.74) is 1.15. The number of pyridine rings is 1. The molecule has 1 amide bonds. The molecule has 0 aliphatic heterocycles. The molecule has 2 rings (SSSR count). The molecular formula is C16H17FN2O3S. The molecule has 1 heterocycles. The standard InChI is InChI=1S/C16H17FN2O3S/c1-11(23(2,21)22)16(20)19-15(14-5-3-4-10-18-14)12-6-8-13(17)9-7-12/h3-11,15H,1-2H3,(H,19,20)/t11-,15-/m1/s1. The minimum atomic E-state index is -3.51. The van der Waals surface area contributed by atoms with Gasteiger partial charge in [0.25, 0.3) is 0 Å². The fraction of sp³-hybridized carbons (Fsp3) is 0.250. The molecular weight excluding hydrogens is 319 g/mol. The van der Waals surface area contributed by atoms with Crippen molar-refractivity contribution in [2.75, 3.05) is 6.26 Å². The Morgan fingerprint density at radius 2 is 1.83 bits per heavy atom. The van der Waals surface area contributed by atoms with Gasteiger partial charge < -0.3 is 5.32 Å². The van der Waals surface area contributed by atoms with Gasteiger partial charge in [-0.05, 0) is 36.8 Å². The van der Waals surface area contributed by atoms with Crippen LogP contribution in [0.15, 0.2) is 48.7 Å². The minimum Gasteiger partial charge on any atom is -0.342 e. The number of hydrogen-bond donors (Lipinski definition) is 1. The monoisotopic (exact) mass is 336 g/mol. The van der Waals surface area contributed by atoms with Crippen LogP contribution in [0.25, 0.3) is 0 Å². The van der Waals surface area contributed by atoms with Crippen molar-refractivity contribution < 1.29 is 17.6 Å². The van der Waals surface area contributed by atoms with E-state index in [9.17, 15) is 17.6 Å². The third-order valence-corrected chi connectivity index (χ3v) is 4.98. The molecule has 0 aliphatic carbocycles. The van der Waals surface area contributed by atoms with Crippen LogP contribution < -0.4 is 5.32 Å². The molecule has 1 aromatic heterocycles. The Bertz CT molecular complexity index is 777. The van der Waals surface area contributed by atoms with Gasteiger partial charge in [-0.25, -0.2) is 12.8 Å². The van der Waals surface area contributed by atoms with Gasteiger partial charge in [0.05, 0.1) is 11.7 Å². The lowest BCUT2D eigenvalue weighted by Gasteiger charge is -2.20. The zero-order valence-corrected chi connectivity index (χ0v) is 13.5. The van der Waals surface area contributed by atoms with Gasteiger partial charge in [0.1, 0.15) is 11.1 Å². The lowest BCUT2D eigenvalue weighted by atomic mass is 10.0. The van der Waals surface area contributed by atoms with Gasteiger partial charge in [0.2, 0.25) is 5.91 Å². The summed E-state index contributed by atoms with van der Waals surface area (Å²) >= 11 is 0. The normalized spacial score (nSPS) is 14.0. The van der Waals surface area contributed by atoms with E-state index in [2.05, 4.69) is 10.3 Å². The van der Waals surface area contributed by atoms with E-state index in [-0.39, 0.29) is 0 Å². The summed E-state index contributed by atoms with van der Waals surface area (Å²) in [5, 5.41) is 1.49. The lowest BCUT2D eigenvalue weighted by molar-refractivity contribution is -0.120. The van der Waals surface area contributed by atoms with Crippen LogP contribution in [0, 0.1) is 5.82 Å². The second kappa shape index (κ2) is 6.87. The fourth-order valence-electron chi connectivity index (χ4n) is 1.98. The highest BCUT2D eigenvalue weighted by Crippen LogP contribution is 2.21. The van der Waals surface area contributed by atoms with Crippen molar-refractivity contribution >= 4 is 15.7 Å². The highest BCUT2D eigenvalue weighted by atomic mass is 32.2. The van der Waals surface area contributed by atoms with E-state index in [1.165, 1.54) is 31.2 Å². The first-order chi connectivity index (χ1) is 10.8. The molecule has 2 aromatic rings. The first kappa shape index (κ1) is 17.1. The maximum atomic E-state index is 13.1. The number of aromatic nitrogens is 1. The molecule has 0 radical (unpaired) electrons. The topological polar surface area (TPSA) is 76.1 Å². The third kappa shape index (κ3) is 4.35. The Morgan fingerprint density at radius 1 is 1.17 bits per heavy atom. The predicted molar refractivity (Wildman–Crippen MR) is 84.9 cm³/mol. The van der Waals surface area contributed by atoms with Crippen molar-refractivity contribution in [1.29, 1.82) is 0 Å². The van der Waals surface area contributed by atoms with Crippen LogP contribution in [-0.4, -0.2) is 30.8 Å². The average Bonchev–Trinajstić information content (AvgIpc) is 2.52. The largest absolute Gasteiger partial charge is 0.342 e. The summed E-state index contributed by atoms with van der Waals surface area (Å²) in [7, 11) is -3.51. The summed E-state index contributed by atoms with van der Waals surface area (Å²) in [6, 6.07) is 10.1. The van der Waals surface area contributed by atoms with E-state index in [4.69, 9.17) is 0 Å². The van der Waals surface area contributed by atoms with E-state index >= 15 is 0 Å². The summed E-state index contributed by atoms with van der Waals surface area (Å²) < 4.78 is 36.2. The van der Waals surface area contributed by atoms with Gasteiger partial charge >= 0.3 is 0 Å². The zero-order chi connectivity index (χ0) is 17.0. The van der Waals surface area contributed by atoms with E-state index in [0.717, 1.165) is 6.26 Å². The number of benzene rings is 1.